The van der Waals surface area contributed by atoms with Crippen molar-refractivity contribution >= 4 is 23.5 Å². The van der Waals surface area contributed by atoms with Crippen molar-refractivity contribution in [1.82, 2.24) is 4.90 Å². The van der Waals surface area contributed by atoms with Crippen molar-refractivity contribution in [2.24, 2.45) is 0 Å². The smallest absolute Gasteiger partial charge is 0.420 e. The van der Waals surface area contributed by atoms with Gasteiger partial charge in [0.05, 0.1) is 19.2 Å². The summed E-state index contributed by atoms with van der Waals surface area (Å²) in [5, 5.41) is 4.92. The number of rotatable bonds is 5. The first-order chi connectivity index (χ1) is 13.8. The topological polar surface area (TPSA) is 79.9 Å². The van der Waals surface area contributed by atoms with Crippen molar-refractivity contribution in [2.75, 3.05) is 30.9 Å². The first-order valence-corrected chi connectivity index (χ1v) is 8.60. The third-order valence-electron chi connectivity index (χ3n) is 4.17. The van der Waals surface area contributed by atoms with Gasteiger partial charge in [0.15, 0.2) is 0 Å². The number of anilines is 2. The average molecular weight is 409 g/mol. The molecule has 2 N–H and O–H groups in total. The van der Waals surface area contributed by atoms with Crippen LogP contribution in [-0.2, 0) is 17.5 Å². The molecule has 10 heteroatoms. The second-order valence-electron chi connectivity index (χ2n) is 6.23. The van der Waals surface area contributed by atoms with Gasteiger partial charge in [-0.3, -0.25) is 0 Å². The van der Waals surface area contributed by atoms with Crippen LogP contribution in [0.25, 0.3) is 0 Å². The van der Waals surface area contributed by atoms with E-state index in [4.69, 9.17) is 9.47 Å². The molecule has 7 nitrogen and oxygen atoms in total. The first-order valence-electron chi connectivity index (χ1n) is 8.60. The zero-order valence-corrected chi connectivity index (χ0v) is 15.4. The third-order valence-corrected chi connectivity index (χ3v) is 4.17. The Morgan fingerprint density at radius 3 is 2.52 bits per heavy atom. The fraction of sp³-hybridized carbons (Fsp3) is 0.263. The van der Waals surface area contributed by atoms with Crippen LogP contribution in [-0.4, -0.2) is 37.3 Å². The molecule has 1 fully saturated rings. The number of nitrogens with zero attached hydrogens (tertiary/aromatic N) is 1. The zero-order chi connectivity index (χ0) is 21.0. The van der Waals surface area contributed by atoms with Crippen molar-refractivity contribution < 1.29 is 32.2 Å². The summed E-state index contributed by atoms with van der Waals surface area (Å²) in [7, 11) is 1.14. The molecule has 0 aromatic heterocycles. The van der Waals surface area contributed by atoms with E-state index in [9.17, 15) is 22.8 Å². The van der Waals surface area contributed by atoms with E-state index >= 15 is 0 Å². The SMILES string of the molecule is COc1ccc(NC(=O)Nc2cccc(CN3CCOC3=O)c2)cc1C(F)(F)F. The van der Waals surface area contributed by atoms with Crippen LogP contribution < -0.4 is 15.4 Å². The Hall–Kier alpha value is -3.43. The number of cyclic esters (lactones) is 1. The van der Waals surface area contributed by atoms with E-state index in [-0.39, 0.29) is 11.4 Å². The van der Waals surface area contributed by atoms with E-state index in [0.717, 1.165) is 24.8 Å². The first kappa shape index (κ1) is 20.3. The van der Waals surface area contributed by atoms with E-state index in [1.807, 2.05) is 0 Å². The lowest BCUT2D eigenvalue weighted by Gasteiger charge is -2.15. The van der Waals surface area contributed by atoms with Crippen LogP contribution in [0.5, 0.6) is 5.75 Å². The van der Waals surface area contributed by atoms with Crippen molar-refractivity contribution in [3.05, 3.63) is 53.6 Å². The highest BCUT2D eigenvalue weighted by Gasteiger charge is 2.34. The van der Waals surface area contributed by atoms with Gasteiger partial charge in [0, 0.05) is 17.9 Å². The number of alkyl halides is 3. The number of methoxy groups -OCH3 is 1. The zero-order valence-electron chi connectivity index (χ0n) is 15.4. The number of ether oxygens (including phenoxy) is 2. The minimum atomic E-state index is -4.62. The molecule has 0 atom stereocenters. The van der Waals surface area contributed by atoms with Crippen molar-refractivity contribution in [3.8, 4) is 5.75 Å². The predicted molar refractivity (Wildman–Crippen MR) is 98.8 cm³/mol. The van der Waals surface area contributed by atoms with Crippen LogP contribution in [0.2, 0.25) is 0 Å². The highest BCUT2D eigenvalue weighted by atomic mass is 19.4. The second-order valence-corrected chi connectivity index (χ2v) is 6.23. The Morgan fingerprint density at radius 1 is 1.17 bits per heavy atom. The highest BCUT2D eigenvalue weighted by Crippen LogP contribution is 2.37. The molecule has 0 bridgehead atoms. The second kappa shape index (κ2) is 8.29. The van der Waals surface area contributed by atoms with Crippen molar-refractivity contribution in [3.63, 3.8) is 0 Å². The Kier molecular flexibility index (Phi) is 5.81. The number of amides is 3. The van der Waals surface area contributed by atoms with Crippen LogP contribution >= 0.6 is 0 Å². The summed E-state index contributed by atoms with van der Waals surface area (Å²) in [6.45, 7) is 1.14. The van der Waals surface area contributed by atoms with Gasteiger partial charge < -0.3 is 25.0 Å². The molecule has 2 aromatic rings. The maximum absolute atomic E-state index is 13.1. The number of urea groups is 1. The van der Waals surface area contributed by atoms with Gasteiger partial charge in [-0.1, -0.05) is 12.1 Å². The van der Waals surface area contributed by atoms with E-state index in [0.29, 0.717) is 25.4 Å². The summed E-state index contributed by atoms with van der Waals surface area (Å²) >= 11 is 0. The molecule has 154 valence electrons. The largest absolute Gasteiger partial charge is 0.496 e. The molecule has 2 aromatic carbocycles. The molecule has 0 unspecified atom stereocenters. The molecule has 0 aliphatic carbocycles. The van der Waals surface area contributed by atoms with Crippen molar-refractivity contribution in [2.45, 2.75) is 12.7 Å². The molecule has 1 aliphatic heterocycles. The van der Waals surface area contributed by atoms with Crippen molar-refractivity contribution in [1.29, 1.82) is 0 Å². The summed E-state index contributed by atoms with van der Waals surface area (Å²) in [5.41, 5.74) is 0.173. The predicted octanol–water partition coefficient (Wildman–Crippen LogP) is 4.31. The van der Waals surface area contributed by atoms with Crippen LogP contribution in [0.15, 0.2) is 42.5 Å². The summed E-state index contributed by atoms with van der Waals surface area (Å²) in [6, 6.07) is 9.31. The minimum Gasteiger partial charge on any atom is -0.496 e. The number of halogens is 3. The Balaban J connectivity index is 1.66. The number of hydrogen-bond donors (Lipinski definition) is 2. The van der Waals surface area contributed by atoms with Crippen LogP contribution in [0.1, 0.15) is 11.1 Å². The summed E-state index contributed by atoms with van der Waals surface area (Å²) in [5.74, 6) is -0.336. The lowest BCUT2D eigenvalue weighted by Crippen LogP contribution is -2.23. The number of carbonyl (C=O) groups is 2. The summed E-state index contributed by atoms with van der Waals surface area (Å²) in [4.78, 5) is 25.2. The molecular formula is C19H18F3N3O4. The number of nitrogens with one attached hydrogen (secondary N) is 2. The fourth-order valence-corrected chi connectivity index (χ4v) is 2.84. The molecule has 1 saturated heterocycles. The van der Waals surface area contributed by atoms with E-state index in [1.165, 1.54) is 11.0 Å². The molecule has 1 aliphatic rings. The van der Waals surface area contributed by atoms with Crippen LogP contribution in [0, 0.1) is 0 Å². The van der Waals surface area contributed by atoms with Gasteiger partial charge in [0.2, 0.25) is 0 Å². The number of carbonyl (C=O) groups excluding carboxylic acids is 2. The van der Waals surface area contributed by atoms with Crippen LogP contribution in [0.3, 0.4) is 0 Å². The minimum absolute atomic E-state index is 0.0356. The summed E-state index contributed by atoms with van der Waals surface area (Å²) < 4.78 is 48.9. The molecule has 29 heavy (non-hydrogen) atoms. The lowest BCUT2D eigenvalue weighted by atomic mass is 10.1. The maximum atomic E-state index is 13.1. The fourth-order valence-electron chi connectivity index (χ4n) is 2.84. The van der Waals surface area contributed by atoms with Gasteiger partial charge in [-0.25, -0.2) is 9.59 Å². The molecule has 3 rings (SSSR count). The van der Waals surface area contributed by atoms with Gasteiger partial charge in [-0.15, -0.1) is 0 Å². The van der Waals surface area contributed by atoms with Gasteiger partial charge >= 0.3 is 18.3 Å². The molecule has 0 radical (unpaired) electrons. The molecule has 0 saturated carbocycles. The molecule has 3 amide bonds. The molecule has 1 heterocycles. The Labute approximate surface area is 164 Å². The lowest BCUT2D eigenvalue weighted by molar-refractivity contribution is -0.138. The van der Waals surface area contributed by atoms with Gasteiger partial charge in [-0.05, 0) is 35.9 Å². The molecule has 0 spiro atoms. The Morgan fingerprint density at radius 2 is 1.90 bits per heavy atom. The summed E-state index contributed by atoms with van der Waals surface area (Å²) in [6.07, 6.45) is -5.02. The third kappa shape index (κ3) is 5.09. The number of hydrogen-bond acceptors (Lipinski definition) is 4. The van der Waals surface area contributed by atoms with E-state index in [1.54, 1.807) is 24.3 Å². The van der Waals surface area contributed by atoms with E-state index < -0.39 is 23.9 Å². The quantitative estimate of drug-likeness (QED) is 0.771. The Bertz CT molecular complexity index is 918. The maximum Gasteiger partial charge on any atom is 0.420 e. The van der Waals surface area contributed by atoms with E-state index in [2.05, 4.69) is 10.6 Å². The van der Waals surface area contributed by atoms with Crippen LogP contribution in [0.4, 0.5) is 34.1 Å². The van der Waals surface area contributed by atoms with Gasteiger partial charge in [0.1, 0.15) is 12.4 Å². The normalized spacial score (nSPS) is 13.8. The standard InChI is InChI=1S/C19H18F3N3O4/c1-28-16-6-5-14(10-15(16)19(20,21)22)24-17(26)23-13-4-2-3-12(9-13)11-25-7-8-29-18(25)27/h2-6,9-10H,7-8,11H2,1H3,(H2,23,24,26). The monoisotopic (exact) mass is 409 g/mol. The highest BCUT2D eigenvalue weighted by molar-refractivity contribution is 5.99. The van der Waals surface area contributed by atoms with Gasteiger partial charge in [-0.2, -0.15) is 13.2 Å². The van der Waals surface area contributed by atoms with Gasteiger partial charge in [0.25, 0.3) is 0 Å². The number of benzene rings is 2. The molecular weight excluding hydrogens is 391 g/mol. The average Bonchev–Trinajstić information content (AvgIpc) is 3.06.